The fourth-order valence-corrected chi connectivity index (χ4v) is 2.08. The van der Waals surface area contributed by atoms with Crippen molar-refractivity contribution in [2.24, 2.45) is 5.41 Å². The molecule has 0 saturated carbocycles. The van der Waals surface area contributed by atoms with Crippen molar-refractivity contribution in [3.8, 4) is 0 Å². The van der Waals surface area contributed by atoms with Crippen molar-refractivity contribution in [2.75, 3.05) is 18.9 Å². The molecule has 4 nitrogen and oxygen atoms in total. The topological polar surface area (TPSA) is 75.3 Å². The molecule has 1 aromatic carbocycles. The molecule has 0 heterocycles. The third-order valence-electron chi connectivity index (χ3n) is 3.37. The third-order valence-corrected chi connectivity index (χ3v) is 3.37. The van der Waals surface area contributed by atoms with Crippen molar-refractivity contribution in [3.63, 3.8) is 0 Å². The van der Waals surface area contributed by atoms with E-state index in [9.17, 15) is 4.79 Å². The first-order valence-corrected chi connectivity index (χ1v) is 7.15. The number of hydrogen-bond donors (Lipinski definition) is 3. The zero-order chi connectivity index (χ0) is 15.0. The third kappa shape index (κ3) is 6.57. The Bertz CT molecular complexity index is 430. The van der Waals surface area contributed by atoms with Gasteiger partial charge in [-0.05, 0) is 42.4 Å². The number of amides is 1. The molecule has 0 aliphatic rings. The SMILES string of the molecule is CC(C)(CCCO)CNC(=O)CCc1cccc(N)c1. The fraction of sp³-hybridized carbons (Fsp3) is 0.562. The van der Waals surface area contributed by atoms with Crippen molar-refractivity contribution in [2.45, 2.75) is 39.5 Å². The molecule has 0 unspecified atom stereocenters. The van der Waals surface area contributed by atoms with Gasteiger partial charge in [0.1, 0.15) is 0 Å². The van der Waals surface area contributed by atoms with Crippen molar-refractivity contribution in [1.82, 2.24) is 5.32 Å². The molecule has 0 atom stereocenters. The number of carbonyl (C=O) groups is 1. The largest absolute Gasteiger partial charge is 0.399 e. The zero-order valence-electron chi connectivity index (χ0n) is 12.5. The Morgan fingerprint density at radius 3 is 2.80 bits per heavy atom. The van der Waals surface area contributed by atoms with Gasteiger partial charge in [0.25, 0.3) is 0 Å². The molecule has 112 valence electrons. The highest BCUT2D eigenvalue weighted by Gasteiger charge is 2.18. The molecule has 0 bridgehead atoms. The van der Waals surface area contributed by atoms with Gasteiger partial charge in [0, 0.05) is 25.3 Å². The maximum absolute atomic E-state index is 11.8. The first-order valence-electron chi connectivity index (χ1n) is 7.15. The molecule has 0 radical (unpaired) electrons. The van der Waals surface area contributed by atoms with Gasteiger partial charge in [0.2, 0.25) is 5.91 Å². The summed E-state index contributed by atoms with van der Waals surface area (Å²) < 4.78 is 0. The molecule has 0 aliphatic carbocycles. The smallest absolute Gasteiger partial charge is 0.220 e. The fourth-order valence-electron chi connectivity index (χ4n) is 2.08. The lowest BCUT2D eigenvalue weighted by molar-refractivity contribution is -0.121. The molecule has 4 N–H and O–H groups in total. The zero-order valence-corrected chi connectivity index (χ0v) is 12.5. The Morgan fingerprint density at radius 1 is 1.40 bits per heavy atom. The normalized spacial score (nSPS) is 11.3. The number of nitrogens with two attached hydrogens (primary N) is 1. The molecule has 4 heteroatoms. The average molecular weight is 278 g/mol. The molecule has 1 aromatic rings. The number of aryl methyl sites for hydroxylation is 1. The second kappa shape index (κ2) is 7.90. The highest BCUT2D eigenvalue weighted by Crippen LogP contribution is 2.20. The maximum atomic E-state index is 11.8. The van der Waals surface area contributed by atoms with E-state index in [2.05, 4.69) is 19.2 Å². The standard InChI is InChI=1S/C16H26N2O2/c1-16(2,9-4-10-19)12-18-15(20)8-7-13-5-3-6-14(17)11-13/h3,5-6,11,19H,4,7-10,12,17H2,1-2H3,(H,18,20). The maximum Gasteiger partial charge on any atom is 0.220 e. The van der Waals surface area contributed by atoms with Crippen LogP contribution in [0.1, 0.15) is 38.7 Å². The second-order valence-corrected chi connectivity index (χ2v) is 6.01. The van der Waals surface area contributed by atoms with Gasteiger partial charge in [-0.3, -0.25) is 4.79 Å². The number of aliphatic hydroxyl groups is 1. The summed E-state index contributed by atoms with van der Waals surface area (Å²) in [4.78, 5) is 11.8. The van der Waals surface area contributed by atoms with Crippen LogP contribution in [0.25, 0.3) is 0 Å². The molecule has 1 amide bonds. The Kier molecular flexibility index (Phi) is 6.52. The lowest BCUT2D eigenvalue weighted by Crippen LogP contribution is -2.34. The van der Waals surface area contributed by atoms with E-state index >= 15 is 0 Å². The van der Waals surface area contributed by atoms with Gasteiger partial charge in [0.05, 0.1) is 0 Å². The summed E-state index contributed by atoms with van der Waals surface area (Å²) in [5.74, 6) is 0.0597. The summed E-state index contributed by atoms with van der Waals surface area (Å²) in [5, 5.41) is 11.8. The van der Waals surface area contributed by atoms with E-state index in [1.54, 1.807) is 0 Å². The van der Waals surface area contributed by atoms with E-state index in [0.29, 0.717) is 19.4 Å². The van der Waals surface area contributed by atoms with E-state index in [1.807, 2.05) is 24.3 Å². The van der Waals surface area contributed by atoms with Crippen LogP contribution < -0.4 is 11.1 Å². The Balaban J connectivity index is 2.30. The van der Waals surface area contributed by atoms with Gasteiger partial charge in [0.15, 0.2) is 0 Å². The van der Waals surface area contributed by atoms with E-state index in [1.165, 1.54) is 0 Å². The molecule has 0 saturated heterocycles. The van der Waals surface area contributed by atoms with Crippen LogP contribution in [-0.4, -0.2) is 24.2 Å². The van der Waals surface area contributed by atoms with Crippen LogP contribution in [0, 0.1) is 5.41 Å². The first-order chi connectivity index (χ1) is 9.43. The van der Waals surface area contributed by atoms with Crippen LogP contribution in [0.3, 0.4) is 0 Å². The summed E-state index contributed by atoms with van der Waals surface area (Å²) in [6.07, 6.45) is 2.85. The minimum absolute atomic E-state index is 0.0234. The van der Waals surface area contributed by atoms with Crippen LogP contribution in [0.2, 0.25) is 0 Å². The summed E-state index contributed by atoms with van der Waals surface area (Å²) >= 11 is 0. The minimum Gasteiger partial charge on any atom is -0.399 e. The average Bonchev–Trinajstić information content (AvgIpc) is 2.41. The predicted molar refractivity (Wildman–Crippen MR) is 82.3 cm³/mol. The number of anilines is 1. The highest BCUT2D eigenvalue weighted by atomic mass is 16.2. The lowest BCUT2D eigenvalue weighted by Gasteiger charge is -2.24. The number of nitrogens with one attached hydrogen (secondary N) is 1. The summed E-state index contributed by atoms with van der Waals surface area (Å²) in [7, 11) is 0. The van der Waals surface area contributed by atoms with Gasteiger partial charge < -0.3 is 16.2 Å². The van der Waals surface area contributed by atoms with E-state index in [4.69, 9.17) is 10.8 Å². The molecule has 0 spiro atoms. The second-order valence-electron chi connectivity index (χ2n) is 6.01. The number of carbonyl (C=O) groups excluding carboxylic acids is 1. The predicted octanol–water partition coefficient (Wildman–Crippen LogP) is 2.12. The molecule has 0 aromatic heterocycles. The summed E-state index contributed by atoms with van der Waals surface area (Å²) in [5.41, 5.74) is 7.54. The number of benzene rings is 1. The molecule has 0 aliphatic heterocycles. The molecular formula is C16H26N2O2. The highest BCUT2D eigenvalue weighted by molar-refractivity contribution is 5.76. The van der Waals surface area contributed by atoms with Crippen molar-refractivity contribution < 1.29 is 9.90 Å². The van der Waals surface area contributed by atoms with E-state index in [0.717, 1.165) is 24.1 Å². The van der Waals surface area contributed by atoms with Crippen LogP contribution in [0.4, 0.5) is 5.69 Å². The van der Waals surface area contributed by atoms with Gasteiger partial charge >= 0.3 is 0 Å². The quantitative estimate of drug-likeness (QED) is 0.638. The number of aliphatic hydroxyl groups excluding tert-OH is 1. The van der Waals surface area contributed by atoms with Gasteiger partial charge in [-0.2, -0.15) is 0 Å². The van der Waals surface area contributed by atoms with Crippen LogP contribution in [0.5, 0.6) is 0 Å². The van der Waals surface area contributed by atoms with Gasteiger partial charge in [-0.25, -0.2) is 0 Å². The van der Waals surface area contributed by atoms with Crippen molar-refractivity contribution in [3.05, 3.63) is 29.8 Å². The Morgan fingerprint density at radius 2 is 2.15 bits per heavy atom. The van der Waals surface area contributed by atoms with Crippen LogP contribution >= 0.6 is 0 Å². The monoisotopic (exact) mass is 278 g/mol. The first kappa shape index (κ1) is 16.5. The minimum atomic E-state index is 0.0234. The van der Waals surface area contributed by atoms with Crippen molar-refractivity contribution >= 4 is 11.6 Å². The van der Waals surface area contributed by atoms with Crippen molar-refractivity contribution in [1.29, 1.82) is 0 Å². The molecular weight excluding hydrogens is 252 g/mol. The number of hydrogen-bond acceptors (Lipinski definition) is 3. The summed E-state index contributed by atoms with van der Waals surface area (Å²) in [6, 6.07) is 7.63. The molecule has 1 rings (SSSR count). The Labute approximate surface area is 121 Å². The van der Waals surface area contributed by atoms with Crippen LogP contribution in [0.15, 0.2) is 24.3 Å². The van der Waals surface area contributed by atoms with Gasteiger partial charge in [-0.15, -0.1) is 0 Å². The molecule has 0 fully saturated rings. The van der Waals surface area contributed by atoms with Crippen LogP contribution in [-0.2, 0) is 11.2 Å². The number of nitrogen functional groups attached to an aromatic ring is 1. The number of rotatable bonds is 8. The van der Waals surface area contributed by atoms with E-state index in [-0.39, 0.29) is 17.9 Å². The Hall–Kier alpha value is -1.55. The molecule has 20 heavy (non-hydrogen) atoms. The van der Waals surface area contributed by atoms with E-state index < -0.39 is 0 Å². The lowest BCUT2D eigenvalue weighted by atomic mass is 9.88. The van der Waals surface area contributed by atoms with Gasteiger partial charge in [-0.1, -0.05) is 26.0 Å². The summed E-state index contributed by atoms with van der Waals surface area (Å²) in [6.45, 7) is 5.04.